The van der Waals surface area contributed by atoms with Crippen LogP contribution in [0, 0.1) is 0 Å². The maximum absolute atomic E-state index is 5.97. The maximum atomic E-state index is 5.97. The Morgan fingerprint density at radius 3 is 2.79 bits per heavy atom. The molecule has 2 aromatic rings. The first-order valence-electron chi connectivity index (χ1n) is 8.54. The Kier molecular flexibility index (Phi) is 4.07. The summed E-state index contributed by atoms with van der Waals surface area (Å²) in [4.78, 5) is 0. The van der Waals surface area contributed by atoms with Crippen LogP contribution >= 0.6 is 0 Å². The first kappa shape index (κ1) is 15.3. The van der Waals surface area contributed by atoms with Crippen LogP contribution in [0.15, 0.2) is 36.4 Å². The lowest BCUT2D eigenvalue weighted by atomic mass is 10.1. The van der Waals surface area contributed by atoms with Gasteiger partial charge in [-0.15, -0.1) is 0 Å². The predicted molar refractivity (Wildman–Crippen MR) is 93.1 cm³/mol. The van der Waals surface area contributed by atoms with E-state index in [0.29, 0.717) is 0 Å². The zero-order valence-corrected chi connectivity index (χ0v) is 14.2. The van der Waals surface area contributed by atoms with E-state index in [4.69, 9.17) is 14.2 Å². The molecule has 0 aliphatic carbocycles. The molecule has 0 fully saturated rings. The Morgan fingerprint density at radius 1 is 1.08 bits per heavy atom. The normalized spacial score (nSPS) is 20.9. The summed E-state index contributed by atoms with van der Waals surface area (Å²) in [5.41, 5.74) is 3.65. The van der Waals surface area contributed by atoms with Crippen molar-refractivity contribution in [2.45, 2.75) is 38.5 Å². The Bertz CT molecular complexity index is 719. The molecule has 0 aromatic heterocycles. The SMILES string of the molecule is COc1cc2c(cc1CNC[C@H]1Cc3ccccc3O1)O[C@H](C)C2. The average molecular weight is 325 g/mol. The molecule has 24 heavy (non-hydrogen) atoms. The van der Waals surface area contributed by atoms with Crippen molar-refractivity contribution in [3.8, 4) is 17.2 Å². The van der Waals surface area contributed by atoms with Gasteiger partial charge in [-0.1, -0.05) is 18.2 Å². The van der Waals surface area contributed by atoms with Crippen LogP contribution in [-0.2, 0) is 19.4 Å². The van der Waals surface area contributed by atoms with Gasteiger partial charge in [-0.25, -0.2) is 0 Å². The van der Waals surface area contributed by atoms with Gasteiger partial charge in [0.1, 0.15) is 29.5 Å². The van der Waals surface area contributed by atoms with Crippen molar-refractivity contribution in [3.05, 3.63) is 53.1 Å². The second-order valence-electron chi connectivity index (χ2n) is 6.59. The molecule has 0 radical (unpaired) electrons. The third-order valence-electron chi connectivity index (χ3n) is 4.70. The molecule has 2 aromatic carbocycles. The van der Waals surface area contributed by atoms with Crippen LogP contribution in [0.4, 0.5) is 0 Å². The Hall–Kier alpha value is -2.20. The topological polar surface area (TPSA) is 39.7 Å². The Balaban J connectivity index is 1.38. The second kappa shape index (κ2) is 6.36. The highest BCUT2D eigenvalue weighted by molar-refractivity contribution is 5.48. The van der Waals surface area contributed by atoms with E-state index in [0.717, 1.165) is 48.7 Å². The van der Waals surface area contributed by atoms with Gasteiger partial charge in [0, 0.05) is 37.1 Å². The fourth-order valence-electron chi connectivity index (χ4n) is 3.55. The molecule has 2 atom stereocenters. The zero-order valence-electron chi connectivity index (χ0n) is 14.2. The van der Waals surface area contributed by atoms with E-state index in [1.165, 1.54) is 11.1 Å². The summed E-state index contributed by atoms with van der Waals surface area (Å²) in [7, 11) is 1.72. The molecule has 4 nitrogen and oxygen atoms in total. The summed E-state index contributed by atoms with van der Waals surface area (Å²) in [6, 6.07) is 12.5. The molecule has 0 amide bonds. The highest BCUT2D eigenvalue weighted by Gasteiger charge is 2.23. The molecule has 0 spiro atoms. The molecule has 2 heterocycles. The lowest BCUT2D eigenvalue weighted by Crippen LogP contribution is -2.29. The number of fused-ring (bicyclic) bond motifs is 2. The molecule has 0 bridgehead atoms. The molecule has 0 saturated carbocycles. The van der Waals surface area contributed by atoms with Gasteiger partial charge >= 0.3 is 0 Å². The minimum absolute atomic E-state index is 0.194. The fraction of sp³-hybridized carbons (Fsp3) is 0.400. The van der Waals surface area contributed by atoms with E-state index in [9.17, 15) is 0 Å². The van der Waals surface area contributed by atoms with E-state index in [1.54, 1.807) is 7.11 Å². The Morgan fingerprint density at radius 2 is 1.96 bits per heavy atom. The number of methoxy groups -OCH3 is 1. The molecule has 0 saturated heterocycles. The summed E-state index contributed by atoms with van der Waals surface area (Å²) in [5, 5.41) is 3.50. The number of hydrogen-bond acceptors (Lipinski definition) is 4. The summed E-state index contributed by atoms with van der Waals surface area (Å²) in [6.07, 6.45) is 2.36. The van der Waals surface area contributed by atoms with Gasteiger partial charge in [-0.3, -0.25) is 0 Å². The van der Waals surface area contributed by atoms with Crippen molar-refractivity contribution in [1.82, 2.24) is 5.32 Å². The van der Waals surface area contributed by atoms with E-state index in [-0.39, 0.29) is 12.2 Å². The predicted octanol–water partition coefficient (Wildman–Crippen LogP) is 3.11. The molecular formula is C20H23NO3. The third-order valence-corrected chi connectivity index (χ3v) is 4.70. The van der Waals surface area contributed by atoms with Crippen molar-refractivity contribution in [1.29, 1.82) is 0 Å². The van der Waals surface area contributed by atoms with Crippen LogP contribution in [0.1, 0.15) is 23.6 Å². The summed E-state index contributed by atoms with van der Waals surface area (Å²) >= 11 is 0. The van der Waals surface area contributed by atoms with Gasteiger partial charge in [0.05, 0.1) is 7.11 Å². The smallest absolute Gasteiger partial charge is 0.123 e. The molecule has 2 aliphatic heterocycles. The molecule has 4 rings (SSSR count). The summed E-state index contributed by atoms with van der Waals surface area (Å²) in [6.45, 7) is 3.65. The van der Waals surface area contributed by atoms with Crippen molar-refractivity contribution in [3.63, 3.8) is 0 Å². The van der Waals surface area contributed by atoms with Crippen LogP contribution in [0.25, 0.3) is 0 Å². The quantitative estimate of drug-likeness (QED) is 0.917. The van der Waals surface area contributed by atoms with Crippen molar-refractivity contribution < 1.29 is 14.2 Å². The zero-order chi connectivity index (χ0) is 16.5. The van der Waals surface area contributed by atoms with Crippen LogP contribution in [0.3, 0.4) is 0 Å². The van der Waals surface area contributed by atoms with Gasteiger partial charge in [-0.2, -0.15) is 0 Å². The van der Waals surface area contributed by atoms with E-state index >= 15 is 0 Å². The summed E-state index contributed by atoms with van der Waals surface area (Å²) < 4.78 is 17.4. The lowest BCUT2D eigenvalue weighted by molar-refractivity contribution is 0.227. The van der Waals surface area contributed by atoms with Crippen LogP contribution in [-0.4, -0.2) is 25.9 Å². The highest BCUT2D eigenvalue weighted by Crippen LogP contribution is 2.35. The number of ether oxygens (including phenoxy) is 3. The largest absolute Gasteiger partial charge is 0.496 e. The van der Waals surface area contributed by atoms with Gasteiger partial charge < -0.3 is 19.5 Å². The van der Waals surface area contributed by atoms with E-state index < -0.39 is 0 Å². The number of benzene rings is 2. The number of nitrogens with one attached hydrogen (secondary N) is 1. The standard InChI is InChI=1S/C20H23NO3/c1-13-7-15-9-19(22-2)16(10-20(15)23-13)11-21-12-17-8-14-5-3-4-6-18(14)24-17/h3-6,9-10,13,17,21H,7-8,11-12H2,1-2H3/t13-,17-/m1/s1. The van der Waals surface area contributed by atoms with Crippen molar-refractivity contribution in [2.75, 3.05) is 13.7 Å². The van der Waals surface area contributed by atoms with Crippen LogP contribution < -0.4 is 19.5 Å². The first-order valence-corrected chi connectivity index (χ1v) is 8.54. The molecule has 1 N–H and O–H groups in total. The van der Waals surface area contributed by atoms with E-state index in [1.807, 2.05) is 12.1 Å². The monoisotopic (exact) mass is 325 g/mol. The van der Waals surface area contributed by atoms with Crippen LogP contribution in [0.5, 0.6) is 17.2 Å². The summed E-state index contributed by atoms with van der Waals surface area (Å²) in [5.74, 6) is 2.93. The first-order chi connectivity index (χ1) is 11.7. The minimum atomic E-state index is 0.194. The van der Waals surface area contributed by atoms with Gasteiger partial charge in [0.15, 0.2) is 0 Å². The van der Waals surface area contributed by atoms with Gasteiger partial charge in [0.2, 0.25) is 0 Å². The van der Waals surface area contributed by atoms with Crippen LogP contribution in [0.2, 0.25) is 0 Å². The fourth-order valence-corrected chi connectivity index (χ4v) is 3.55. The molecule has 0 unspecified atom stereocenters. The van der Waals surface area contributed by atoms with Gasteiger partial charge in [-0.05, 0) is 30.7 Å². The minimum Gasteiger partial charge on any atom is -0.496 e. The molecule has 4 heteroatoms. The number of para-hydroxylation sites is 1. The third kappa shape index (κ3) is 2.94. The van der Waals surface area contributed by atoms with Crippen molar-refractivity contribution in [2.24, 2.45) is 0 Å². The Labute approximate surface area is 142 Å². The van der Waals surface area contributed by atoms with Crippen molar-refractivity contribution >= 4 is 0 Å². The average Bonchev–Trinajstić information content (AvgIpc) is 3.15. The van der Waals surface area contributed by atoms with E-state index in [2.05, 4.69) is 36.5 Å². The molecule has 2 aliphatic rings. The number of hydrogen-bond donors (Lipinski definition) is 1. The number of rotatable bonds is 5. The second-order valence-corrected chi connectivity index (χ2v) is 6.59. The lowest BCUT2D eigenvalue weighted by Gasteiger charge is -2.14. The maximum Gasteiger partial charge on any atom is 0.123 e. The highest BCUT2D eigenvalue weighted by atomic mass is 16.5. The molecular weight excluding hydrogens is 302 g/mol. The molecule has 126 valence electrons. The van der Waals surface area contributed by atoms with Gasteiger partial charge in [0.25, 0.3) is 0 Å².